The van der Waals surface area contributed by atoms with Gasteiger partial charge < -0.3 is 19.4 Å². The molecule has 1 aromatic carbocycles. The topological polar surface area (TPSA) is 97.0 Å². The molecule has 0 aliphatic heterocycles. The molecular weight excluding hydrogens is 240 g/mol. The van der Waals surface area contributed by atoms with Crippen LogP contribution in [0.3, 0.4) is 0 Å². The minimum Gasteiger partial charge on any atom is -0.499 e. The average molecular weight is 250 g/mol. The van der Waals surface area contributed by atoms with Crippen LogP contribution in [-0.4, -0.2) is 22.8 Å². The molecule has 0 atom stereocenters. The van der Waals surface area contributed by atoms with Crippen LogP contribution in [-0.2, 0) is 4.74 Å². The molecule has 0 spiro atoms. The Hall–Kier alpha value is -2.50. The summed E-state index contributed by atoms with van der Waals surface area (Å²) in [6.07, 6.45) is 0. The van der Waals surface area contributed by atoms with E-state index in [2.05, 4.69) is 0 Å². The van der Waals surface area contributed by atoms with Crippen LogP contribution in [0.25, 0.3) is 11.0 Å². The quantitative estimate of drug-likeness (QED) is 0.781. The zero-order valence-electron chi connectivity index (χ0n) is 9.47. The molecule has 0 saturated carbocycles. The number of benzene rings is 1. The molecule has 2 rings (SSSR count). The summed E-state index contributed by atoms with van der Waals surface area (Å²) in [6, 6.07) is 3.98. The first-order chi connectivity index (χ1) is 8.54. The minimum absolute atomic E-state index is 0.000790. The molecule has 1 aromatic heterocycles. The van der Waals surface area contributed by atoms with E-state index in [1.54, 1.807) is 6.92 Å². The maximum Gasteiger partial charge on any atom is 0.338 e. The van der Waals surface area contributed by atoms with Crippen molar-refractivity contribution in [1.82, 2.24) is 0 Å². The van der Waals surface area contributed by atoms with Crippen LogP contribution in [0.15, 0.2) is 27.4 Å². The van der Waals surface area contributed by atoms with Crippen LogP contribution >= 0.6 is 0 Å². The van der Waals surface area contributed by atoms with Gasteiger partial charge in [0.1, 0.15) is 5.58 Å². The van der Waals surface area contributed by atoms with Crippen molar-refractivity contribution in [3.05, 3.63) is 34.0 Å². The molecule has 6 nitrogen and oxygen atoms in total. The Balaban J connectivity index is 2.63. The third-order valence-electron chi connectivity index (χ3n) is 2.36. The molecule has 0 unspecified atom stereocenters. The van der Waals surface area contributed by atoms with Gasteiger partial charge in [-0.25, -0.2) is 4.79 Å². The zero-order valence-corrected chi connectivity index (χ0v) is 9.47. The third kappa shape index (κ3) is 1.88. The first kappa shape index (κ1) is 12.0. The smallest absolute Gasteiger partial charge is 0.338 e. The molecule has 0 bridgehead atoms. The predicted octanol–water partition coefficient (Wildman–Crippen LogP) is 1.38. The SMILES string of the molecule is CCOC(=O)c1ccc2c(=O)c(O)c(O)oc2c1. The lowest BCUT2D eigenvalue weighted by Crippen LogP contribution is -2.06. The van der Waals surface area contributed by atoms with E-state index in [0.29, 0.717) is 0 Å². The summed E-state index contributed by atoms with van der Waals surface area (Å²) in [6.45, 7) is 1.89. The molecule has 0 aliphatic carbocycles. The van der Waals surface area contributed by atoms with E-state index in [0.717, 1.165) is 0 Å². The van der Waals surface area contributed by atoms with Gasteiger partial charge in [-0.15, -0.1) is 0 Å². The summed E-state index contributed by atoms with van der Waals surface area (Å²) in [5, 5.41) is 18.5. The van der Waals surface area contributed by atoms with Crippen LogP contribution < -0.4 is 5.43 Å². The van der Waals surface area contributed by atoms with Gasteiger partial charge in [0.05, 0.1) is 17.6 Å². The van der Waals surface area contributed by atoms with Gasteiger partial charge in [-0.1, -0.05) is 0 Å². The summed E-state index contributed by atoms with van der Waals surface area (Å²) in [7, 11) is 0. The van der Waals surface area contributed by atoms with Crippen molar-refractivity contribution in [3.8, 4) is 11.7 Å². The Bertz CT molecular complexity index is 670. The van der Waals surface area contributed by atoms with Gasteiger partial charge in [0.2, 0.25) is 11.2 Å². The number of aromatic hydroxyl groups is 2. The number of fused-ring (bicyclic) bond motifs is 1. The number of esters is 1. The van der Waals surface area contributed by atoms with Crippen molar-refractivity contribution in [2.75, 3.05) is 6.61 Å². The normalized spacial score (nSPS) is 10.5. The number of ether oxygens (including phenoxy) is 1. The van der Waals surface area contributed by atoms with Crippen molar-refractivity contribution < 1.29 is 24.2 Å². The fraction of sp³-hybridized carbons (Fsp3) is 0.167. The van der Waals surface area contributed by atoms with Crippen LogP contribution in [0.4, 0.5) is 0 Å². The predicted molar refractivity (Wildman–Crippen MR) is 61.8 cm³/mol. The molecule has 2 N–H and O–H groups in total. The Morgan fingerprint density at radius 3 is 2.78 bits per heavy atom. The molecule has 0 radical (unpaired) electrons. The lowest BCUT2D eigenvalue weighted by atomic mass is 10.1. The maximum absolute atomic E-state index is 11.6. The lowest BCUT2D eigenvalue weighted by Gasteiger charge is -2.03. The standard InChI is InChI=1S/C12H10O6/c1-2-17-11(15)6-3-4-7-8(5-6)18-12(16)10(14)9(7)13/h3-5,14,16H,2H2,1H3. The largest absolute Gasteiger partial charge is 0.499 e. The van der Waals surface area contributed by atoms with E-state index in [1.165, 1.54) is 18.2 Å². The van der Waals surface area contributed by atoms with E-state index in [-0.39, 0.29) is 23.1 Å². The van der Waals surface area contributed by atoms with Crippen LogP contribution in [0.5, 0.6) is 11.7 Å². The fourth-order valence-electron chi connectivity index (χ4n) is 1.51. The molecule has 0 fully saturated rings. The number of carbonyl (C=O) groups excluding carboxylic acids is 1. The van der Waals surface area contributed by atoms with E-state index >= 15 is 0 Å². The monoisotopic (exact) mass is 250 g/mol. The van der Waals surface area contributed by atoms with Gasteiger partial charge in [-0.05, 0) is 25.1 Å². The first-order valence-electron chi connectivity index (χ1n) is 5.20. The molecule has 1 heterocycles. The second kappa shape index (κ2) is 4.40. The number of hydrogen-bond donors (Lipinski definition) is 2. The number of rotatable bonds is 2. The molecule has 0 amide bonds. The van der Waals surface area contributed by atoms with Crippen molar-refractivity contribution >= 4 is 16.9 Å². The van der Waals surface area contributed by atoms with Crippen LogP contribution in [0.1, 0.15) is 17.3 Å². The lowest BCUT2D eigenvalue weighted by molar-refractivity contribution is 0.0526. The highest BCUT2D eigenvalue weighted by molar-refractivity contribution is 5.94. The highest BCUT2D eigenvalue weighted by Crippen LogP contribution is 2.25. The summed E-state index contributed by atoms with van der Waals surface area (Å²) in [5.41, 5.74) is -0.567. The third-order valence-corrected chi connectivity index (χ3v) is 2.36. The van der Waals surface area contributed by atoms with E-state index < -0.39 is 23.1 Å². The highest BCUT2D eigenvalue weighted by atomic mass is 16.5. The van der Waals surface area contributed by atoms with Gasteiger partial charge in [-0.2, -0.15) is 0 Å². The Labute approximate surface area is 101 Å². The molecule has 94 valence electrons. The van der Waals surface area contributed by atoms with Crippen LogP contribution in [0.2, 0.25) is 0 Å². The highest BCUT2D eigenvalue weighted by Gasteiger charge is 2.15. The fourth-order valence-corrected chi connectivity index (χ4v) is 1.51. The molecule has 0 aliphatic rings. The summed E-state index contributed by atoms with van der Waals surface area (Å²) in [5.74, 6) is -2.30. The van der Waals surface area contributed by atoms with Gasteiger partial charge in [-0.3, -0.25) is 4.79 Å². The Kier molecular flexibility index (Phi) is 2.93. The minimum atomic E-state index is -0.881. The zero-order chi connectivity index (χ0) is 13.3. The molecule has 6 heteroatoms. The van der Waals surface area contributed by atoms with E-state index in [4.69, 9.17) is 9.15 Å². The van der Waals surface area contributed by atoms with Crippen molar-refractivity contribution in [1.29, 1.82) is 0 Å². The van der Waals surface area contributed by atoms with E-state index in [9.17, 15) is 19.8 Å². The molecule has 2 aromatic rings. The molecule has 0 saturated heterocycles. The Morgan fingerprint density at radius 2 is 2.11 bits per heavy atom. The number of carbonyl (C=O) groups is 1. The van der Waals surface area contributed by atoms with E-state index in [1.807, 2.05) is 0 Å². The van der Waals surface area contributed by atoms with Crippen molar-refractivity contribution in [3.63, 3.8) is 0 Å². The van der Waals surface area contributed by atoms with Gasteiger partial charge in [0.25, 0.3) is 0 Å². The Morgan fingerprint density at radius 1 is 1.39 bits per heavy atom. The molecular formula is C12H10O6. The second-order valence-electron chi connectivity index (χ2n) is 3.52. The second-order valence-corrected chi connectivity index (χ2v) is 3.52. The van der Waals surface area contributed by atoms with Gasteiger partial charge in [0.15, 0.2) is 0 Å². The maximum atomic E-state index is 11.6. The van der Waals surface area contributed by atoms with Gasteiger partial charge >= 0.3 is 11.9 Å². The van der Waals surface area contributed by atoms with Crippen molar-refractivity contribution in [2.45, 2.75) is 6.92 Å². The average Bonchev–Trinajstić information content (AvgIpc) is 2.36. The molecule has 18 heavy (non-hydrogen) atoms. The first-order valence-corrected chi connectivity index (χ1v) is 5.20. The van der Waals surface area contributed by atoms with Crippen molar-refractivity contribution in [2.24, 2.45) is 0 Å². The summed E-state index contributed by atoms with van der Waals surface area (Å²) >= 11 is 0. The summed E-state index contributed by atoms with van der Waals surface area (Å²) < 4.78 is 9.63. The number of hydrogen-bond acceptors (Lipinski definition) is 6. The van der Waals surface area contributed by atoms with Gasteiger partial charge in [0, 0.05) is 0 Å². The summed E-state index contributed by atoms with van der Waals surface area (Å²) in [4.78, 5) is 23.0. The van der Waals surface area contributed by atoms with Crippen LogP contribution in [0, 0.1) is 0 Å².